The van der Waals surface area contributed by atoms with Crippen LogP contribution in [-0.2, 0) is 0 Å². The minimum absolute atomic E-state index is 0.136. The van der Waals surface area contributed by atoms with Crippen molar-refractivity contribution in [3.63, 3.8) is 0 Å². The number of hydrogen-bond acceptors (Lipinski definition) is 2. The SMILES string of the molecule is CC(Nc1[nH]c2ccccc2c1C#N)c1ccccc1. The molecule has 0 saturated carbocycles. The maximum absolute atomic E-state index is 9.38. The van der Waals surface area contributed by atoms with Gasteiger partial charge in [0.2, 0.25) is 0 Å². The molecule has 1 aromatic heterocycles. The predicted octanol–water partition coefficient (Wildman–Crippen LogP) is 4.21. The topological polar surface area (TPSA) is 51.6 Å². The molecule has 3 nitrogen and oxygen atoms in total. The quantitative estimate of drug-likeness (QED) is 0.742. The van der Waals surface area contributed by atoms with E-state index in [-0.39, 0.29) is 6.04 Å². The predicted molar refractivity (Wildman–Crippen MR) is 81.5 cm³/mol. The van der Waals surface area contributed by atoms with Crippen molar-refractivity contribution in [2.45, 2.75) is 13.0 Å². The first-order chi connectivity index (χ1) is 9.79. The first-order valence-electron chi connectivity index (χ1n) is 6.62. The van der Waals surface area contributed by atoms with Crippen LogP contribution in [0, 0.1) is 11.3 Å². The zero-order chi connectivity index (χ0) is 13.9. The molecule has 0 aliphatic carbocycles. The fourth-order valence-corrected chi connectivity index (χ4v) is 2.41. The molecular weight excluding hydrogens is 246 g/mol. The molecule has 3 rings (SSSR count). The monoisotopic (exact) mass is 261 g/mol. The van der Waals surface area contributed by atoms with E-state index < -0.39 is 0 Å². The van der Waals surface area contributed by atoms with E-state index in [0.29, 0.717) is 5.56 Å². The van der Waals surface area contributed by atoms with E-state index in [4.69, 9.17) is 0 Å². The minimum atomic E-state index is 0.136. The number of aromatic amines is 1. The maximum Gasteiger partial charge on any atom is 0.123 e. The van der Waals surface area contributed by atoms with Crippen LogP contribution in [0.25, 0.3) is 10.9 Å². The van der Waals surface area contributed by atoms with E-state index in [9.17, 15) is 5.26 Å². The Kier molecular flexibility index (Phi) is 3.14. The summed E-state index contributed by atoms with van der Waals surface area (Å²) < 4.78 is 0. The standard InChI is InChI=1S/C17H15N3/c1-12(13-7-3-2-4-8-13)19-17-15(11-18)14-9-5-6-10-16(14)20-17/h2-10,12,19-20H,1H3. The third-order valence-corrected chi connectivity index (χ3v) is 3.48. The number of para-hydroxylation sites is 1. The Labute approximate surface area is 117 Å². The van der Waals surface area contributed by atoms with Gasteiger partial charge in [-0.2, -0.15) is 5.26 Å². The maximum atomic E-state index is 9.38. The molecule has 1 unspecified atom stereocenters. The lowest BCUT2D eigenvalue weighted by atomic mass is 10.1. The van der Waals surface area contributed by atoms with Crippen molar-refractivity contribution in [1.29, 1.82) is 5.26 Å². The van der Waals surface area contributed by atoms with Gasteiger partial charge in [0.1, 0.15) is 17.5 Å². The van der Waals surface area contributed by atoms with Crippen LogP contribution in [0.2, 0.25) is 0 Å². The molecule has 0 bridgehead atoms. The molecule has 0 amide bonds. The lowest BCUT2D eigenvalue weighted by molar-refractivity contribution is 0.877. The summed E-state index contributed by atoms with van der Waals surface area (Å²) in [5, 5.41) is 13.7. The second-order valence-corrected chi connectivity index (χ2v) is 4.81. The van der Waals surface area contributed by atoms with Crippen molar-refractivity contribution < 1.29 is 0 Å². The molecule has 0 radical (unpaired) electrons. The van der Waals surface area contributed by atoms with Crippen LogP contribution in [0.1, 0.15) is 24.1 Å². The van der Waals surface area contributed by atoms with Gasteiger partial charge in [0.05, 0.1) is 0 Å². The number of nitrogens with zero attached hydrogens (tertiary/aromatic N) is 1. The van der Waals surface area contributed by atoms with Crippen molar-refractivity contribution >= 4 is 16.7 Å². The van der Waals surface area contributed by atoms with Crippen molar-refractivity contribution in [1.82, 2.24) is 4.98 Å². The Bertz CT molecular complexity index is 766. The second-order valence-electron chi connectivity index (χ2n) is 4.81. The summed E-state index contributed by atoms with van der Waals surface area (Å²) in [6, 6.07) is 20.5. The Hall–Kier alpha value is -2.73. The van der Waals surface area contributed by atoms with Gasteiger partial charge in [-0.1, -0.05) is 48.5 Å². The lowest BCUT2D eigenvalue weighted by Crippen LogP contribution is -2.07. The first-order valence-corrected chi connectivity index (χ1v) is 6.62. The van der Waals surface area contributed by atoms with Crippen LogP contribution in [0.3, 0.4) is 0 Å². The number of nitrogens with one attached hydrogen (secondary N) is 2. The normalized spacial score (nSPS) is 12.0. The number of aromatic nitrogens is 1. The molecule has 0 saturated heterocycles. The fraction of sp³-hybridized carbons (Fsp3) is 0.118. The summed E-state index contributed by atoms with van der Waals surface area (Å²) in [6.45, 7) is 2.09. The van der Waals surface area contributed by atoms with Crippen LogP contribution < -0.4 is 5.32 Å². The third kappa shape index (κ3) is 2.12. The zero-order valence-corrected chi connectivity index (χ0v) is 11.2. The largest absolute Gasteiger partial charge is 0.364 e. The Balaban J connectivity index is 1.97. The van der Waals surface area contributed by atoms with Gasteiger partial charge in [-0.05, 0) is 18.6 Å². The summed E-state index contributed by atoms with van der Waals surface area (Å²) in [4.78, 5) is 3.28. The number of rotatable bonds is 3. The van der Waals surface area contributed by atoms with Crippen molar-refractivity contribution in [2.24, 2.45) is 0 Å². The van der Waals surface area contributed by atoms with E-state index in [1.165, 1.54) is 5.56 Å². The summed E-state index contributed by atoms with van der Waals surface area (Å²) in [5.41, 5.74) is 2.84. The number of fused-ring (bicyclic) bond motifs is 1. The molecule has 3 aromatic rings. The molecular formula is C17H15N3. The molecule has 1 heterocycles. The Morgan fingerprint density at radius 3 is 2.50 bits per heavy atom. The molecule has 2 aromatic carbocycles. The van der Waals surface area contributed by atoms with Gasteiger partial charge < -0.3 is 10.3 Å². The van der Waals surface area contributed by atoms with Crippen molar-refractivity contribution in [2.75, 3.05) is 5.32 Å². The average Bonchev–Trinajstić information content (AvgIpc) is 2.85. The fourth-order valence-electron chi connectivity index (χ4n) is 2.41. The zero-order valence-electron chi connectivity index (χ0n) is 11.2. The first kappa shape index (κ1) is 12.3. The number of anilines is 1. The Morgan fingerprint density at radius 1 is 1.05 bits per heavy atom. The van der Waals surface area contributed by atoms with Gasteiger partial charge in [-0.3, -0.25) is 0 Å². The van der Waals surface area contributed by atoms with E-state index in [2.05, 4.69) is 35.4 Å². The lowest BCUT2D eigenvalue weighted by Gasteiger charge is -2.14. The molecule has 0 aliphatic heterocycles. The van der Waals surface area contributed by atoms with Gasteiger partial charge in [0.25, 0.3) is 0 Å². The number of nitriles is 1. The van der Waals surface area contributed by atoms with Crippen LogP contribution in [0.15, 0.2) is 54.6 Å². The van der Waals surface area contributed by atoms with Crippen LogP contribution >= 0.6 is 0 Å². The van der Waals surface area contributed by atoms with Gasteiger partial charge in [0, 0.05) is 16.9 Å². The van der Waals surface area contributed by atoms with Crippen LogP contribution in [0.4, 0.5) is 5.82 Å². The average molecular weight is 261 g/mol. The summed E-state index contributed by atoms with van der Waals surface area (Å²) in [5.74, 6) is 0.782. The molecule has 20 heavy (non-hydrogen) atoms. The highest BCUT2D eigenvalue weighted by molar-refractivity contribution is 5.91. The van der Waals surface area contributed by atoms with Gasteiger partial charge in [0.15, 0.2) is 0 Å². The van der Waals surface area contributed by atoms with Crippen LogP contribution in [-0.4, -0.2) is 4.98 Å². The number of benzene rings is 2. The smallest absolute Gasteiger partial charge is 0.123 e. The van der Waals surface area contributed by atoms with E-state index >= 15 is 0 Å². The summed E-state index contributed by atoms with van der Waals surface area (Å²) >= 11 is 0. The second kappa shape index (κ2) is 5.10. The molecule has 3 heteroatoms. The van der Waals surface area contributed by atoms with Gasteiger partial charge in [-0.25, -0.2) is 0 Å². The van der Waals surface area contributed by atoms with E-state index in [0.717, 1.165) is 16.7 Å². The molecule has 1 atom stereocenters. The number of H-pyrrole nitrogens is 1. The van der Waals surface area contributed by atoms with Gasteiger partial charge in [-0.15, -0.1) is 0 Å². The molecule has 0 fully saturated rings. The third-order valence-electron chi connectivity index (χ3n) is 3.48. The highest BCUT2D eigenvalue weighted by atomic mass is 15.0. The highest BCUT2D eigenvalue weighted by Gasteiger charge is 2.13. The highest BCUT2D eigenvalue weighted by Crippen LogP contribution is 2.28. The van der Waals surface area contributed by atoms with E-state index in [1.54, 1.807) is 0 Å². The molecule has 0 aliphatic rings. The summed E-state index contributed by atoms with van der Waals surface area (Å²) in [6.07, 6.45) is 0. The Morgan fingerprint density at radius 2 is 1.75 bits per heavy atom. The van der Waals surface area contributed by atoms with Crippen molar-refractivity contribution in [3.05, 3.63) is 65.7 Å². The minimum Gasteiger partial charge on any atom is -0.364 e. The van der Waals surface area contributed by atoms with Crippen molar-refractivity contribution in [3.8, 4) is 6.07 Å². The number of hydrogen-bond donors (Lipinski definition) is 2. The van der Waals surface area contributed by atoms with Crippen LogP contribution in [0.5, 0.6) is 0 Å². The molecule has 0 spiro atoms. The molecule has 98 valence electrons. The summed E-state index contributed by atoms with van der Waals surface area (Å²) in [7, 11) is 0. The van der Waals surface area contributed by atoms with Gasteiger partial charge >= 0.3 is 0 Å². The molecule has 2 N–H and O–H groups in total. The van der Waals surface area contributed by atoms with E-state index in [1.807, 2.05) is 42.5 Å².